The average molecular weight is 182 g/mol. The van der Waals surface area contributed by atoms with E-state index in [0.717, 1.165) is 12.5 Å². The van der Waals surface area contributed by atoms with E-state index in [-0.39, 0.29) is 5.91 Å². The second-order valence-corrected chi connectivity index (χ2v) is 3.89. The van der Waals surface area contributed by atoms with Crippen molar-refractivity contribution in [2.75, 3.05) is 6.54 Å². The molecule has 1 rings (SSSR count). The maximum Gasteiger partial charge on any atom is 0.219 e. The Hall–Kier alpha value is -0.530. The van der Waals surface area contributed by atoms with E-state index in [1.54, 1.807) is 0 Å². The number of carbonyl (C=O) groups excluding carboxylic acids is 1. The molecular formula is C11H20NO. The van der Waals surface area contributed by atoms with Crippen LogP contribution < -0.4 is 5.32 Å². The SMILES string of the molecule is [CH2]CCC(=O)NCCC1CCCC1. The summed E-state index contributed by atoms with van der Waals surface area (Å²) < 4.78 is 0. The Bertz CT molecular complexity index is 150. The lowest BCUT2D eigenvalue weighted by molar-refractivity contribution is -0.121. The van der Waals surface area contributed by atoms with Crippen molar-refractivity contribution in [2.24, 2.45) is 5.92 Å². The summed E-state index contributed by atoms with van der Waals surface area (Å²) in [5.41, 5.74) is 0. The first-order valence-corrected chi connectivity index (χ1v) is 5.39. The molecule has 75 valence electrons. The van der Waals surface area contributed by atoms with Crippen molar-refractivity contribution in [1.29, 1.82) is 0 Å². The third-order valence-electron chi connectivity index (χ3n) is 2.75. The largest absolute Gasteiger partial charge is 0.356 e. The second-order valence-electron chi connectivity index (χ2n) is 3.89. The first kappa shape index (κ1) is 10.6. The van der Waals surface area contributed by atoms with Crippen molar-refractivity contribution in [1.82, 2.24) is 5.32 Å². The van der Waals surface area contributed by atoms with E-state index in [9.17, 15) is 4.79 Å². The second kappa shape index (κ2) is 6.01. The van der Waals surface area contributed by atoms with Gasteiger partial charge in [0.05, 0.1) is 0 Å². The molecule has 0 atom stereocenters. The van der Waals surface area contributed by atoms with Gasteiger partial charge in [0.25, 0.3) is 0 Å². The van der Waals surface area contributed by atoms with Crippen molar-refractivity contribution < 1.29 is 4.79 Å². The van der Waals surface area contributed by atoms with Crippen LogP contribution in [0.5, 0.6) is 0 Å². The summed E-state index contributed by atoms with van der Waals surface area (Å²) in [5.74, 6) is 1.04. The van der Waals surface area contributed by atoms with Gasteiger partial charge in [-0.05, 0) is 18.8 Å². The molecule has 0 aliphatic heterocycles. The molecule has 0 unspecified atom stereocenters. The lowest BCUT2D eigenvalue weighted by Crippen LogP contribution is -2.25. The fraction of sp³-hybridized carbons (Fsp3) is 0.818. The van der Waals surface area contributed by atoms with Crippen LogP contribution in [-0.2, 0) is 4.79 Å². The Morgan fingerprint density at radius 1 is 1.38 bits per heavy atom. The molecule has 0 aromatic heterocycles. The van der Waals surface area contributed by atoms with Gasteiger partial charge in [-0.25, -0.2) is 0 Å². The summed E-state index contributed by atoms with van der Waals surface area (Å²) in [7, 11) is 0. The predicted molar refractivity (Wildman–Crippen MR) is 54.2 cm³/mol. The van der Waals surface area contributed by atoms with Gasteiger partial charge < -0.3 is 5.32 Å². The third-order valence-corrected chi connectivity index (χ3v) is 2.75. The van der Waals surface area contributed by atoms with Crippen molar-refractivity contribution in [2.45, 2.75) is 44.9 Å². The molecule has 1 N–H and O–H groups in total. The van der Waals surface area contributed by atoms with Crippen molar-refractivity contribution in [3.05, 3.63) is 6.92 Å². The van der Waals surface area contributed by atoms with Gasteiger partial charge in [-0.3, -0.25) is 4.79 Å². The Morgan fingerprint density at radius 3 is 2.69 bits per heavy atom. The van der Waals surface area contributed by atoms with E-state index in [0.29, 0.717) is 12.8 Å². The minimum Gasteiger partial charge on any atom is -0.356 e. The van der Waals surface area contributed by atoms with E-state index in [4.69, 9.17) is 0 Å². The molecule has 2 heteroatoms. The highest BCUT2D eigenvalue weighted by Gasteiger charge is 2.14. The van der Waals surface area contributed by atoms with Crippen LogP contribution in [0.15, 0.2) is 0 Å². The average Bonchev–Trinajstić information content (AvgIpc) is 2.57. The third kappa shape index (κ3) is 4.30. The molecule has 13 heavy (non-hydrogen) atoms. The molecule has 1 amide bonds. The number of hydrogen-bond donors (Lipinski definition) is 1. The fourth-order valence-corrected chi connectivity index (χ4v) is 1.96. The van der Waals surface area contributed by atoms with Gasteiger partial charge in [-0.15, -0.1) is 0 Å². The van der Waals surface area contributed by atoms with Crippen molar-refractivity contribution in [3.8, 4) is 0 Å². The van der Waals surface area contributed by atoms with Crippen molar-refractivity contribution >= 4 is 5.91 Å². The Balaban J connectivity index is 1.96. The summed E-state index contributed by atoms with van der Waals surface area (Å²) in [6.07, 6.45) is 7.95. The molecule has 0 spiro atoms. The molecule has 0 aromatic rings. The maximum absolute atomic E-state index is 11.1. The monoisotopic (exact) mass is 182 g/mol. The van der Waals surface area contributed by atoms with E-state index in [1.165, 1.54) is 32.1 Å². The van der Waals surface area contributed by atoms with E-state index >= 15 is 0 Å². The number of rotatable bonds is 5. The standard InChI is InChI=1S/C11H20NO/c1-2-5-11(13)12-9-8-10-6-3-4-7-10/h10H,1-9H2,(H,12,13). The lowest BCUT2D eigenvalue weighted by atomic mass is 10.0. The topological polar surface area (TPSA) is 29.1 Å². The summed E-state index contributed by atoms with van der Waals surface area (Å²) in [6, 6.07) is 0. The van der Waals surface area contributed by atoms with Gasteiger partial charge in [0.1, 0.15) is 0 Å². The van der Waals surface area contributed by atoms with Crippen LogP contribution in [0.4, 0.5) is 0 Å². The smallest absolute Gasteiger partial charge is 0.219 e. The molecule has 0 bridgehead atoms. The van der Waals surface area contributed by atoms with Crippen LogP contribution in [-0.4, -0.2) is 12.5 Å². The normalized spacial score (nSPS) is 17.6. The molecular weight excluding hydrogens is 162 g/mol. The molecule has 1 aliphatic rings. The Labute approximate surface area is 81.1 Å². The van der Waals surface area contributed by atoms with Crippen LogP contribution >= 0.6 is 0 Å². The summed E-state index contributed by atoms with van der Waals surface area (Å²) in [4.78, 5) is 11.1. The van der Waals surface area contributed by atoms with E-state index < -0.39 is 0 Å². The Morgan fingerprint density at radius 2 is 2.08 bits per heavy atom. The van der Waals surface area contributed by atoms with E-state index in [1.807, 2.05) is 0 Å². The number of nitrogens with one attached hydrogen (secondary N) is 1. The maximum atomic E-state index is 11.1. The zero-order valence-electron chi connectivity index (χ0n) is 8.35. The quantitative estimate of drug-likeness (QED) is 0.694. The van der Waals surface area contributed by atoms with Crippen LogP contribution in [0.2, 0.25) is 0 Å². The van der Waals surface area contributed by atoms with Crippen LogP contribution in [0, 0.1) is 12.8 Å². The van der Waals surface area contributed by atoms with Gasteiger partial charge in [-0.2, -0.15) is 0 Å². The molecule has 1 fully saturated rings. The van der Waals surface area contributed by atoms with Crippen LogP contribution in [0.1, 0.15) is 44.9 Å². The minimum absolute atomic E-state index is 0.160. The van der Waals surface area contributed by atoms with E-state index in [2.05, 4.69) is 12.2 Å². The van der Waals surface area contributed by atoms with Gasteiger partial charge in [0, 0.05) is 13.0 Å². The van der Waals surface area contributed by atoms with Gasteiger partial charge in [-0.1, -0.05) is 32.6 Å². The number of amides is 1. The molecule has 0 heterocycles. The van der Waals surface area contributed by atoms with Gasteiger partial charge in [0.15, 0.2) is 0 Å². The molecule has 0 aromatic carbocycles. The highest BCUT2D eigenvalue weighted by Crippen LogP contribution is 2.26. The highest BCUT2D eigenvalue weighted by atomic mass is 16.1. The van der Waals surface area contributed by atoms with Gasteiger partial charge >= 0.3 is 0 Å². The summed E-state index contributed by atoms with van der Waals surface area (Å²) >= 11 is 0. The number of carbonyl (C=O) groups is 1. The predicted octanol–water partition coefficient (Wildman–Crippen LogP) is 2.30. The lowest BCUT2D eigenvalue weighted by Gasteiger charge is -2.09. The highest BCUT2D eigenvalue weighted by molar-refractivity contribution is 5.75. The molecule has 0 saturated heterocycles. The zero-order chi connectivity index (χ0) is 9.52. The number of hydrogen-bond acceptors (Lipinski definition) is 1. The first-order chi connectivity index (χ1) is 6.33. The summed E-state index contributed by atoms with van der Waals surface area (Å²) in [5, 5.41) is 2.93. The van der Waals surface area contributed by atoms with Gasteiger partial charge in [0.2, 0.25) is 5.91 Å². The van der Waals surface area contributed by atoms with Crippen LogP contribution in [0.3, 0.4) is 0 Å². The molecule has 1 radical (unpaired) electrons. The molecule has 1 saturated carbocycles. The first-order valence-electron chi connectivity index (χ1n) is 5.39. The fourth-order valence-electron chi connectivity index (χ4n) is 1.96. The minimum atomic E-state index is 0.160. The Kier molecular flexibility index (Phi) is 4.87. The summed E-state index contributed by atoms with van der Waals surface area (Å²) in [6.45, 7) is 4.51. The van der Waals surface area contributed by atoms with Crippen molar-refractivity contribution in [3.63, 3.8) is 0 Å². The zero-order valence-corrected chi connectivity index (χ0v) is 8.35. The molecule has 2 nitrogen and oxygen atoms in total. The van der Waals surface area contributed by atoms with Crippen LogP contribution in [0.25, 0.3) is 0 Å². The molecule has 1 aliphatic carbocycles.